The molecule has 1 unspecified atom stereocenters. The van der Waals surface area contributed by atoms with E-state index in [1.165, 1.54) is 18.4 Å². The van der Waals surface area contributed by atoms with Gasteiger partial charge in [0.05, 0.1) is 12.1 Å². The van der Waals surface area contributed by atoms with Crippen LogP contribution in [0.2, 0.25) is 0 Å². The van der Waals surface area contributed by atoms with Crippen LogP contribution >= 0.6 is 0 Å². The number of rotatable bonds is 4. The van der Waals surface area contributed by atoms with Gasteiger partial charge in [-0.05, 0) is 43.5 Å². The zero-order valence-corrected chi connectivity index (χ0v) is 13.9. The molecule has 126 valence electrons. The maximum atomic E-state index is 12.1. The van der Waals surface area contributed by atoms with E-state index >= 15 is 0 Å². The summed E-state index contributed by atoms with van der Waals surface area (Å²) in [4.78, 5) is 12.1. The van der Waals surface area contributed by atoms with Crippen LogP contribution in [0.25, 0.3) is 11.3 Å². The van der Waals surface area contributed by atoms with Crippen LogP contribution < -0.4 is 10.1 Å². The molecule has 1 amide bonds. The number of amides is 1. The Bertz CT molecular complexity index is 747. The molecule has 1 aliphatic heterocycles. The lowest BCUT2D eigenvalue weighted by Gasteiger charge is -2.10. The fourth-order valence-corrected chi connectivity index (χ4v) is 3.62. The van der Waals surface area contributed by atoms with Crippen LogP contribution in [0.1, 0.15) is 43.9 Å². The molecule has 0 saturated heterocycles. The number of hydrogen-bond acceptors (Lipinski definition) is 4. The van der Waals surface area contributed by atoms with E-state index in [0.29, 0.717) is 17.5 Å². The van der Waals surface area contributed by atoms with Crippen LogP contribution in [-0.2, 0) is 17.6 Å². The minimum atomic E-state index is 0.0259. The Balaban J connectivity index is 1.43. The zero-order valence-electron chi connectivity index (χ0n) is 13.9. The second-order valence-electron chi connectivity index (χ2n) is 6.86. The summed E-state index contributed by atoms with van der Waals surface area (Å²) in [7, 11) is 0. The van der Waals surface area contributed by atoms with E-state index in [1.807, 2.05) is 18.2 Å². The van der Waals surface area contributed by atoms with Gasteiger partial charge in [-0.25, -0.2) is 0 Å². The van der Waals surface area contributed by atoms with Gasteiger partial charge in [-0.15, -0.1) is 0 Å². The second-order valence-corrected chi connectivity index (χ2v) is 6.86. The quantitative estimate of drug-likeness (QED) is 0.936. The second kappa shape index (κ2) is 6.30. The van der Waals surface area contributed by atoms with Gasteiger partial charge in [0.1, 0.15) is 11.9 Å². The monoisotopic (exact) mass is 326 g/mol. The molecule has 1 fully saturated rings. The normalized spacial score (nSPS) is 20.0. The largest absolute Gasteiger partial charge is 0.490 e. The van der Waals surface area contributed by atoms with Crippen LogP contribution in [0, 0.1) is 0 Å². The molecule has 5 nitrogen and oxygen atoms in total. The predicted octanol–water partition coefficient (Wildman–Crippen LogP) is 3.27. The third-order valence-corrected chi connectivity index (χ3v) is 4.80. The van der Waals surface area contributed by atoms with Gasteiger partial charge in [0, 0.05) is 24.1 Å². The molecule has 2 heterocycles. The summed E-state index contributed by atoms with van der Waals surface area (Å²) >= 11 is 0. The summed E-state index contributed by atoms with van der Waals surface area (Å²) < 4.78 is 11.2. The van der Waals surface area contributed by atoms with Crippen molar-refractivity contribution in [1.29, 1.82) is 0 Å². The maximum absolute atomic E-state index is 12.1. The molecule has 4 rings (SSSR count). The number of fused-ring (bicyclic) bond motifs is 1. The molecule has 1 aromatic carbocycles. The Kier molecular flexibility index (Phi) is 4.00. The van der Waals surface area contributed by atoms with Crippen molar-refractivity contribution in [3.8, 4) is 17.1 Å². The Morgan fingerprint density at radius 3 is 2.96 bits per heavy atom. The first-order valence-corrected chi connectivity index (χ1v) is 8.72. The molecular formula is C19H22N2O3. The Labute approximate surface area is 141 Å². The molecule has 0 spiro atoms. The van der Waals surface area contributed by atoms with E-state index in [2.05, 4.69) is 23.5 Å². The fraction of sp³-hybridized carbons (Fsp3) is 0.474. The number of hydrogen-bond donors (Lipinski definition) is 1. The zero-order chi connectivity index (χ0) is 16.5. The number of nitrogens with one attached hydrogen (secondary N) is 1. The molecule has 0 bridgehead atoms. The van der Waals surface area contributed by atoms with Crippen molar-refractivity contribution in [3.63, 3.8) is 0 Å². The highest BCUT2D eigenvalue weighted by Crippen LogP contribution is 2.33. The third kappa shape index (κ3) is 3.16. The molecule has 0 radical (unpaired) electrons. The SMILES string of the molecule is CC1Cc2cc(-c3cc(CC(=O)NC4CCCC4)no3)ccc2O1. The van der Waals surface area contributed by atoms with Crippen LogP contribution in [0.5, 0.6) is 5.75 Å². The van der Waals surface area contributed by atoms with Crippen molar-refractivity contribution in [2.24, 2.45) is 0 Å². The number of aromatic nitrogens is 1. The number of ether oxygens (including phenoxy) is 1. The van der Waals surface area contributed by atoms with E-state index < -0.39 is 0 Å². The number of carbonyl (C=O) groups is 1. The van der Waals surface area contributed by atoms with Gasteiger partial charge in [-0.2, -0.15) is 0 Å². The van der Waals surface area contributed by atoms with E-state index in [0.717, 1.165) is 30.6 Å². The van der Waals surface area contributed by atoms with Crippen LogP contribution in [0.4, 0.5) is 0 Å². The van der Waals surface area contributed by atoms with Crippen LogP contribution in [0.15, 0.2) is 28.8 Å². The van der Waals surface area contributed by atoms with Gasteiger partial charge >= 0.3 is 0 Å². The maximum Gasteiger partial charge on any atom is 0.226 e. The first kappa shape index (κ1) is 15.2. The summed E-state index contributed by atoms with van der Waals surface area (Å²) in [5.74, 6) is 1.67. The molecule has 2 aliphatic rings. The van der Waals surface area contributed by atoms with Gasteiger partial charge in [0.25, 0.3) is 0 Å². The van der Waals surface area contributed by atoms with Crippen molar-refractivity contribution in [1.82, 2.24) is 10.5 Å². The molecule has 1 aliphatic carbocycles. The van der Waals surface area contributed by atoms with Crippen LogP contribution in [0.3, 0.4) is 0 Å². The standard InChI is InChI=1S/C19H22N2O3/c1-12-8-14-9-13(6-7-17(14)23-12)18-10-16(21-24-18)11-19(22)20-15-4-2-3-5-15/h6-7,9-10,12,15H,2-5,8,11H2,1H3,(H,20,22). The lowest BCUT2D eigenvalue weighted by atomic mass is 10.1. The minimum absolute atomic E-state index is 0.0259. The van der Waals surface area contributed by atoms with Crippen molar-refractivity contribution in [3.05, 3.63) is 35.5 Å². The summed E-state index contributed by atoms with van der Waals surface area (Å²) in [6, 6.07) is 8.22. The van der Waals surface area contributed by atoms with E-state index in [4.69, 9.17) is 9.26 Å². The van der Waals surface area contributed by atoms with Gasteiger partial charge in [-0.3, -0.25) is 4.79 Å². The lowest BCUT2D eigenvalue weighted by molar-refractivity contribution is -0.121. The first-order valence-electron chi connectivity index (χ1n) is 8.72. The van der Waals surface area contributed by atoms with Crippen molar-refractivity contribution in [2.45, 2.75) is 57.6 Å². The number of nitrogens with zero attached hydrogens (tertiary/aromatic N) is 1. The molecule has 5 heteroatoms. The van der Waals surface area contributed by atoms with E-state index in [1.54, 1.807) is 0 Å². The smallest absolute Gasteiger partial charge is 0.226 e. The Morgan fingerprint density at radius 2 is 2.12 bits per heavy atom. The van der Waals surface area contributed by atoms with Gasteiger partial charge in [0.2, 0.25) is 5.91 Å². The summed E-state index contributed by atoms with van der Waals surface area (Å²) in [5, 5.41) is 7.13. The molecule has 1 atom stereocenters. The van der Waals surface area contributed by atoms with E-state index in [9.17, 15) is 4.79 Å². The topological polar surface area (TPSA) is 64.4 Å². The van der Waals surface area contributed by atoms with E-state index in [-0.39, 0.29) is 18.4 Å². The highest BCUT2D eigenvalue weighted by atomic mass is 16.5. The number of carbonyl (C=O) groups excluding carboxylic acids is 1. The lowest BCUT2D eigenvalue weighted by Crippen LogP contribution is -2.33. The van der Waals surface area contributed by atoms with Gasteiger partial charge in [-0.1, -0.05) is 18.0 Å². The Hall–Kier alpha value is -2.30. The van der Waals surface area contributed by atoms with Crippen molar-refractivity contribution in [2.75, 3.05) is 0 Å². The summed E-state index contributed by atoms with van der Waals surface area (Å²) in [6.07, 6.45) is 6.00. The average molecular weight is 326 g/mol. The summed E-state index contributed by atoms with van der Waals surface area (Å²) in [5.41, 5.74) is 2.84. The fourth-order valence-electron chi connectivity index (χ4n) is 3.62. The highest BCUT2D eigenvalue weighted by molar-refractivity contribution is 5.78. The number of benzene rings is 1. The molecular weight excluding hydrogens is 304 g/mol. The first-order chi connectivity index (χ1) is 11.7. The molecule has 1 saturated carbocycles. The van der Waals surface area contributed by atoms with Crippen molar-refractivity contribution < 1.29 is 14.1 Å². The van der Waals surface area contributed by atoms with Crippen LogP contribution in [-0.4, -0.2) is 23.2 Å². The molecule has 24 heavy (non-hydrogen) atoms. The minimum Gasteiger partial charge on any atom is -0.490 e. The third-order valence-electron chi connectivity index (χ3n) is 4.80. The molecule has 1 N–H and O–H groups in total. The molecule has 2 aromatic rings. The average Bonchev–Trinajstić information content (AvgIpc) is 3.26. The van der Waals surface area contributed by atoms with Crippen molar-refractivity contribution >= 4 is 5.91 Å². The van der Waals surface area contributed by atoms with Gasteiger partial charge in [0.15, 0.2) is 5.76 Å². The predicted molar refractivity (Wildman–Crippen MR) is 89.8 cm³/mol. The van der Waals surface area contributed by atoms with Gasteiger partial charge < -0.3 is 14.6 Å². The molecule has 1 aromatic heterocycles. The highest BCUT2D eigenvalue weighted by Gasteiger charge is 2.21. The summed E-state index contributed by atoms with van der Waals surface area (Å²) in [6.45, 7) is 2.06. The Morgan fingerprint density at radius 1 is 1.29 bits per heavy atom.